The summed E-state index contributed by atoms with van der Waals surface area (Å²) in [4.78, 5) is 11.5. The second-order valence-electron chi connectivity index (χ2n) is 8.17. The standard InChI is InChI=1S/C19H26F3NO4S/c1-18(2,3)27-17(24)23-15-9-7-13(8-10-15)12-28(25,26)16-6-4-5-14(11-16)19(20,21)22/h4-6,11,13,15H,7-10,12H2,1-3H3,(H,23,24). The summed E-state index contributed by atoms with van der Waals surface area (Å²) in [6, 6.07) is 3.75. The molecule has 0 saturated heterocycles. The van der Waals surface area contributed by atoms with Gasteiger partial charge in [-0.1, -0.05) is 6.07 Å². The van der Waals surface area contributed by atoms with Gasteiger partial charge >= 0.3 is 12.3 Å². The first-order valence-electron chi connectivity index (χ1n) is 9.16. The fourth-order valence-corrected chi connectivity index (χ4v) is 4.96. The van der Waals surface area contributed by atoms with E-state index in [0.717, 1.165) is 12.1 Å². The third-order valence-corrected chi connectivity index (χ3v) is 6.43. The van der Waals surface area contributed by atoms with Crippen molar-refractivity contribution in [3.05, 3.63) is 29.8 Å². The van der Waals surface area contributed by atoms with E-state index in [9.17, 15) is 26.4 Å². The van der Waals surface area contributed by atoms with E-state index in [4.69, 9.17) is 4.74 Å². The van der Waals surface area contributed by atoms with Crippen LogP contribution in [0, 0.1) is 5.92 Å². The Balaban J connectivity index is 1.93. The minimum Gasteiger partial charge on any atom is -0.444 e. The van der Waals surface area contributed by atoms with E-state index in [0.29, 0.717) is 31.7 Å². The van der Waals surface area contributed by atoms with E-state index >= 15 is 0 Å². The number of carbonyl (C=O) groups excluding carboxylic acids is 1. The molecular formula is C19H26F3NO4S. The molecule has 1 saturated carbocycles. The van der Waals surface area contributed by atoms with Crippen LogP contribution in [0.2, 0.25) is 0 Å². The van der Waals surface area contributed by atoms with Crippen molar-refractivity contribution in [2.75, 3.05) is 5.75 Å². The average molecular weight is 421 g/mol. The third kappa shape index (κ3) is 6.68. The second-order valence-corrected chi connectivity index (χ2v) is 10.2. The van der Waals surface area contributed by atoms with E-state index in [1.807, 2.05) is 0 Å². The molecule has 0 aliphatic heterocycles. The second kappa shape index (κ2) is 8.31. The molecule has 0 atom stereocenters. The van der Waals surface area contributed by atoms with Crippen LogP contribution in [0.4, 0.5) is 18.0 Å². The Labute approximate surface area is 163 Å². The molecule has 9 heteroatoms. The predicted molar refractivity (Wildman–Crippen MR) is 98.6 cm³/mol. The molecule has 0 spiro atoms. The smallest absolute Gasteiger partial charge is 0.416 e. The van der Waals surface area contributed by atoms with Crippen LogP contribution in [0.5, 0.6) is 0 Å². The molecule has 0 heterocycles. The summed E-state index contributed by atoms with van der Waals surface area (Å²) in [7, 11) is -3.82. The fraction of sp³-hybridized carbons (Fsp3) is 0.632. The van der Waals surface area contributed by atoms with Crippen molar-refractivity contribution in [3.8, 4) is 0 Å². The summed E-state index contributed by atoms with van der Waals surface area (Å²) in [5, 5.41) is 2.78. The molecule has 1 aliphatic carbocycles. The van der Waals surface area contributed by atoms with Gasteiger partial charge in [0.05, 0.1) is 16.2 Å². The molecule has 1 N–H and O–H groups in total. The number of sulfone groups is 1. The number of benzene rings is 1. The number of carbonyl (C=O) groups is 1. The number of nitrogens with one attached hydrogen (secondary N) is 1. The van der Waals surface area contributed by atoms with Gasteiger partial charge < -0.3 is 10.1 Å². The van der Waals surface area contributed by atoms with Gasteiger partial charge in [0.1, 0.15) is 5.60 Å². The molecule has 1 fully saturated rings. The van der Waals surface area contributed by atoms with Gasteiger partial charge in [0.25, 0.3) is 0 Å². The Kier molecular flexibility index (Phi) is 6.68. The van der Waals surface area contributed by atoms with Crippen LogP contribution in [0.3, 0.4) is 0 Å². The zero-order valence-corrected chi connectivity index (χ0v) is 17.0. The van der Waals surface area contributed by atoms with Crippen LogP contribution in [-0.2, 0) is 20.8 Å². The summed E-state index contributed by atoms with van der Waals surface area (Å²) in [6.07, 6.45) is -2.76. The van der Waals surface area contributed by atoms with Crippen molar-refractivity contribution in [3.63, 3.8) is 0 Å². The summed E-state index contributed by atoms with van der Waals surface area (Å²) < 4.78 is 68.8. The van der Waals surface area contributed by atoms with E-state index in [1.165, 1.54) is 6.07 Å². The van der Waals surface area contributed by atoms with Crippen molar-refractivity contribution in [2.24, 2.45) is 5.92 Å². The van der Waals surface area contributed by atoms with Crippen molar-refractivity contribution in [1.29, 1.82) is 0 Å². The molecule has 0 radical (unpaired) electrons. The number of amides is 1. The Morgan fingerprint density at radius 1 is 1.14 bits per heavy atom. The van der Waals surface area contributed by atoms with Crippen LogP contribution in [0.25, 0.3) is 0 Å². The number of alkyl halides is 3. The molecule has 0 aromatic heterocycles. The maximum Gasteiger partial charge on any atom is 0.416 e. The fourth-order valence-electron chi connectivity index (χ4n) is 3.22. The quantitative estimate of drug-likeness (QED) is 0.773. The molecule has 28 heavy (non-hydrogen) atoms. The first-order valence-corrected chi connectivity index (χ1v) is 10.8. The average Bonchev–Trinajstić information content (AvgIpc) is 2.54. The van der Waals surface area contributed by atoms with E-state index in [1.54, 1.807) is 20.8 Å². The highest BCUT2D eigenvalue weighted by molar-refractivity contribution is 7.91. The maximum absolute atomic E-state index is 12.8. The predicted octanol–water partition coefficient (Wildman–Crippen LogP) is 4.56. The molecule has 0 bridgehead atoms. The summed E-state index contributed by atoms with van der Waals surface area (Å²) in [5.41, 5.74) is -1.57. The lowest BCUT2D eigenvalue weighted by Crippen LogP contribution is -2.41. The van der Waals surface area contributed by atoms with Crippen LogP contribution >= 0.6 is 0 Å². The normalized spacial score (nSPS) is 21.2. The number of alkyl carbamates (subject to hydrolysis) is 1. The monoisotopic (exact) mass is 421 g/mol. The van der Waals surface area contributed by atoms with Crippen molar-refractivity contribution in [2.45, 2.75) is 69.2 Å². The Morgan fingerprint density at radius 2 is 1.75 bits per heavy atom. The Hall–Kier alpha value is -1.77. The zero-order valence-electron chi connectivity index (χ0n) is 16.2. The van der Waals surface area contributed by atoms with Crippen LogP contribution in [0.1, 0.15) is 52.0 Å². The Bertz CT molecular complexity index is 792. The van der Waals surface area contributed by atoms with Crippen LogP contribution in [-0.4, -0.2) is 31.9 Å². The van der Waals surface area contributed by atoms with Crippen molar-refractivity contribution in [1.82, 2.24) is 5.32 Å². The van der Waals surface area contributed by atoms with Gasteiger partial charge in [-0.05, 0) is 70.6 Å². The largest absolute Gasteiger partial charge is 0.444 e. The molecule has 1 aromatic rings. The van der Waals surface area contributed by atoms with Crippen molar-refractivity contribution >= 4 is 15.9 Å². The van der Waals surface area contributed by atoms with Gasteiger partial charge in [-0.15, -0.1) is 0 Å². The third-order valence-electron chi connectivity index (χ3n) is 4.54. The van der Waals surface area contributed by atoms with Gasteiger partial charge in [0, 0.05) is 6.04 Å². The number of hydrogen-bond donors (Lipinski definition) is 1. The molecule has 1 amide bonds. The highest BCUT2D eigenvalue weighted by Crippen LogP contribution is 2.32. The topological polar surface area (TPSA) is 72.5 Å². The lowest BCUT2D eigenvalue weighted by Gasteiger charge is -2.30. The molecule has 2 rings (SSSR count). The van der Waals surface area contributed by atoms with Gasteiger partial charge in [0.15, 0.2) is 9.84 Å². The molecule has 158 valence electrons. The highest BCUT2D eigenvalue weighted by atomic mass is 32.2. The SMILES string of the molecule is CC(C)(C)OC(=O)NC1CCC(CS(=O)(=O)c2cccc(C(F)(F)F)c2)CC1. The summed E-state index contributed by atoms with van der Waals surface area (Å²) in [6.45, 7) is 5.30. The van der Waals surface area contributed by atoms with Crippen LogP contribution in [0.15, 0.2) is 29.2 Å². The van der Waals surface area contributed by atoms with Gasteiger partial charge in [0.2, 0.25) is 0 Å². The molecule has 0 unspecified atom stereocenters. The van der Waals surface area contributed by atoms with Gasteiger partial charge in [-0.2, -0.15) is 13.2 Å². The first-order chi connectivity index (χ1) is 12.8. The number of ether oxygens (including phenoxy) is 1. The van der Waals surface area contributed by atoms with Gasteiger partial charge in [-0.3, -0.25) is 0 Å². The number of rotatable bonds is 4. The van der Waals surface area contributed by atoms with Gasteiger partial charge in [-0.25, -0.2) is 13.2 Å². The maximum atomic E-state index is 12.8. The molecular weight excluding hydrogens is 395 g/mol. The lowest BCUT2D eigenvalue weighted by molar-refractivity contribution is -0.137. The lowest BCUT2D eigenvalue weighted by atomic mass is 9.87. The molecule has 1 aromatic carbocycles. The minimum absolute atomic E-state index is 0.0950. The van der Waals surface area contributed by atoms with E-state index < -0.39 is 33.3 Å². The number of halogens is 3. The molecule has 1 aliphatic rings. The van der Waals surface area contributed by atoms with E-state index in [2.05, 4.69) is 5.32 Å². The Morgan fingerprint density at radius 3 is 2.29 bits per heavy atom. The van der Waals surface area contributed by atoms with Crippen LogP contribution < -0.4 is 5.32 Å². The van der Waals surface area contributed by atoms with Crippen molar-refractivity contribution < 1.29 is 31.1 Å². The molecule has 5 nitrogen and oxygen atoms in total. The summed E-state index contributed by atoms with van der Waals surface area (Å²) in [5.74, 6) is -0.357. The number of hydrogen-bond acceptors (Lipinski definition) is 4. The highest BCUT2D eigenvalue weighted by Gasteiger charge is 2.33. The van der Waals surface area contributed by atoms with E-state index in [-0.39, 0.29) is 22.6 Å². The zero-order chi connectivity index (χ0) is 21.2. The summed E-state index contributed by atoms with van der Waals surface area (Å²) >= 11 is 0. The minimum atomic E-state index is -4.59. The first kappa shape index (κ1) is 22.5.